The van der Waals surface area contributed by atoms with E-state index < -0.39 is 29.9 Å². The van der Waals surface area contributed by atoms with Gasteiger partial charge in [0, 0.05) is 0 Å². The van der Waals surface area contributed by atoms with Gasteiger partial charge in [0.25, 0.3) is 0 Å². The molecule has 0 saturated carbocycles. The van der Waals surface area contributed by atoms with Crippen molar-refractivity contribution in [2.45, 2.75) is 45.4 Å². The summed E-state index contributed by atoms with van der Waals surface area (Å²) in [5, 5.41) is 16.1. The maximum absolute atomic E-state index is 13.3. The molecule has 2 aromatic rings. The van der Waals surface area contributed by atoms with Gasteiger partial charge in [-0.15, -0.1) is 0 Å². The Labute approximate surface area is 135 Å². The third-order valence-electron chi connectivity index (χ3n) is 3.57. The Balaban J connectivity index is 2.27. The Morgan fingerprint density at radius 1 is 1.33 bits per heavy atom. The topological polar surface area (TPSA) is 88.5 Å². The lowest BCUT2D eigenvalue weighted by Gasteiger charge is -2.27. The minimum Gasteiger partial charge on any atom is -0.463 e. The van der Waals surface area contributed by atoms with Crippen LogP contribution in [0, 0.1) is 13.8 Å². The average Bonchev–Trinajstić information content (AvgIpc) is 3.05. The number of nitrogens with one attached hydrogen (secondary N) is 1. The van der Waals surface area contributed by atoms with E-state index in [1.807, 2.05) is 0 Å². The molecule has 2 N–H and O–H groups in total. The first kappa shape index (κ1) is 18.1. The lowest BCUT2D eigenvalue weighted by molar-refractivity contribution is -0.272. The van der Waals surface area contributed by atoms with E-state index in [4.69, 9.17) is 8.94 Å². The standard InChI is InChI=1S/C15H17F3N2O4/c1-4-10-13(9(3)24-20-10)19-12(21)7-14(22,15(16,17)18)11-6-5-8(2)23-11/h5-6,22H,4,7H2,1-3H3,(H,19,21). The molecule has 24 heavy (non-hydrogen) atoms. The first-order valence-electron chi connectivity index (χ1n) is 7.19. The van der Waals surface area contributed by atoms with Gasteiger partial charge in [0.2, 0.25) is 11.5 Å². The highest BCUT2D eigenvalue weighted by Crippen LogP contribution is 2.42. The molecular formula is C15H17F3N2O4. The van der Waals surface area contributed by atoms with E-state index in [-0.39, 0.29) is 17.2 Å². The molecule has 0 aliphatic heterocycles. The van der Waals surface area contributed by atoms with E-state index in [0.29, 0.717) is 12.1 Å². The Hall–Kier alpha value is -2.29. The van der Waals surface area contributed by atoms with Crippen molar-refractivity contribution in [2.75, 3.05) is 5.32 Å². The van der Waals surface area contributed by atoms with Crippen LogP contribution in [0.1, 0.15) is 36.3 Å². The van der Waals surface area contributed by atoms with Crippen LogP contribution in [0.4, 0.5) is 18.9 Å². The van der Waals surface area contributed by atoms with Crippen molar-refractivity contribution in [1.82, 2.24) is 5.16 Å². The molecular weight excluding hydrogens is 329 g/mol. The second-order valence-corrected chi connectivity index (χ2v) is 5.41. The molecule has 0 aliphatic rings. The van der Waals surface area contributed by atoms with Crippen molar-refractivity contribution in [3.8, 4) is 0 Å². The van der Waals surface area contributed by atoms with Gasteiger partial charge in [0.05, 0.1) is 6.42 Å². The van der Waals surface area contributed by atoms with Crippen LogP contribution in [0.2, 0.25) is 0 Å². The first-order valence-corrected chi connectivity index (χ1v) is 7.19. The number of hydrogen-bond acceptors (Lipinski definition) is 5. The largest absolute Gasteiger partial charge is 0.463 e. The molecule has 0 radical (unpaired) electrons. The van der Waals surface area contributed by atoms with Gasteiger partial charge in [0.15, 0.2) is 5.76 Å². The Morgan fingerprint density at radius 3 is 2.50 bits per heavy atom. The number of aryl methyl sites for hydroxylation is 3. The van der Waals surface area contributed by atoms with Gasteiger partial charge in [-0.3, -0.25) is 4.79 Å². The van der Waals surface area contributed by atoms with Crippen LogP contribution in [-0.4, -0.2) is 22.3 Å². The fourth-order valence-electron chi connectivity index (χ4n) is 2.22. The fraction of sp³-hybridized carbons (Fsp3) is 0.467. The molecule has 2 aromatic heterocycles. The van der Waals surface area contributed by atoms with Crippen LogP contribution >= 0.6 is 0 Å². The molecule has 0 fully saturated rings. The summed E-state index contributed by atoms with van der Waals surface area (Å²) in [6.45, 7) is 4.71. The van der Waals surface area contributed by atoms with Crippen molar-refractivity contribution in [2.24, 2.45) is 0 Å². The minimum atomic E-state index is -5.09. The number of rotatable bonds is 5. The smallest absolute Gasteiger partial charge is 0.425 e. The predicted molar refractivity (Wildman–Crippen MR) is 77.3 cm³/mol. The van der Waals surface area contributed by atoms with E-state index in [2.05, 4.69) is 10.5 Å². The van der Waals surface area contributed by atoms with Gasteiger partial charge < -0.3 is 19.4 Å². The second kappa shape index (κ2) is 6.31. The van der Waals surface area contributed by atoms with Crippen LogP contribution in [-0.2, 0) is 16.8 Å². The molecule has 0 spiro atoms. The molecule has 2 heterocycles. The second-order valence-electron chi connectivity index (χ2n) is 5.41. The summed E-state index contributed by atoms with van der Waals surface area (Å²) in [4.78, 5) is 12.1. The van der Waals surface area contributed by atoms with Crippen LogP contribution < -0.4 is 5.32 Å². The van der Waals surface area contributed by atoms with E-state index in [1.54, 1.807) is 6.92 Å². The lowest BCUT2D eigenvalue weighted by Crippen LogP contribution is -2.44. The lowest BCUT2D eigenvalue weighted by atomic mass is 9.95. The maximum atomic E-state index is 13.3. The Bertz CT molecular complexity index is 735. The maximum Gasteiger partial charge on any atom is 0.425 e. The molecule has 132 valence electrons. The van der Waals surface area contributed by atoms with Crippen molar-refractivity contribution in [3.63, 3.8) is 0 Å². The molecule has 6 nitrogen and oxygen atoms in total. The molecule has 0 aliphatic carbocycles. The van der Waals surface area contributed by atoms with E-state index in [1.165, 1.54) is 19.9 Å². The van der Waals surface area contributed by atoms with Gasteiger partial charge in [0.1, 0.15) is 22.9 Å². The monoisotopic (exact) mass is 346 g/mol. The summed E-state index contributed by atoms with van der Waals surface area (Å²) in [7, 11) is 0. The Kier molecular flexibility index (Phi) is 4.75. The molecule has 1 atom stereocenters. The third-order valence-corrected chi connectivity index (χ3v) is 3.57. The van der Waals surface area contributed by atoms with E-state index in [0.717, 1.165) is 6.07 Å². The summed E-state index contributed by atoms with van der Waals surface area (Å²) in [5.74, 6) is -1.31. The number of aliphatic hydroxyl groups is 1. The van der Waals surface area contributed by atoms with Crippen molar-refractivity contribution in [3.05, 3.63) is 35.1 Å². The van der Waals surface area contributed by atoms with Crippen LogP contribution in [0.5, 0.6) is 0 Å². The Morgan fingerprint density at radius 2 is 2.00 bits per heavy atom. The zero-order valence-electron chi connectivity index (χ0n) is 13.3. The van der Waals surface area contributed by atoms with E-state index in [9.17, 15) is 23.1 Å². The SMILES string of the molecule is CCc1noc(C)c1NC(=O)CC(O)(c1ccc(C)o1)C(F)(F)F. The predicted octanol–water partition coefficient (Wildman–Crippen LogP) is 3.23. The molecule has 1 unspecified atom stereocenters. The number of halogens is 3. The van der Waals surface area contributed by atoms with Gasteiger partial charge in [-0.25, -0.2) is 0 Å². The molecule has 2 rings (SSSR count). The number of carbonyl (C=O) groups excluding carboxylic acids is 1. The summed E-state index contributed by atoms with van der Waals surface area (Å²) in [6, 6.07) is 2.28. The van der Waals surface area contributed by atoms with Crippen molar-refractivity contribution < 1.29 is 32.0 Å². The fourth-order valence-corrected chi connectivity index (χ4v) is 2.22. The third kappa shape index (κ3) is 3.30. The number of alkyl halides is 3. The highest BCUT2D eigenvalue weighted by molar-refractivity contribution is 5.92. The summed E-state index contributed by atoms with van der Waals surface area (Å²) >= 11 is 0. The quantitative estimate of drug-likeness (QED) is 0.868. The number of aromatic nitrogens is 1. The summed E-state index contributed by atoms with van der Waals surface area (Å²) in [6.07, 6.45) is -5.92. The van der Waals surface area contributed by atoms with Gasteiger partial charge in [-0.05, 0) is 32.4 Å². The van der Waals surface area contributed by atoms with Crippen LogP contribution in [0.15, 0.2) is 21.1 Å². The molecule has 0 bridgehead atoms. The average molecular weight is 346 g/mol. The first-order chi connectivity index (χ1) is 11.1. The van der Waals surface area contributed by atoms with Gasteiger partial charge in [-0.1, -0.05) is 12.1 Å². The number of anilines is 1. The van der Waals surface area contributed by atoms with Gasteiger partial charge in [-0.2, -0.15) is 13.2 Å². The molecule has 0 aromatic carbocycles. The van der Waals surface area contributed by atoms with Crippen molar-refractivity contribution >= 4 is 11.6 Å². The summed E-state index contributed by atoms with van der Waals surface area (Å²) in [5.41, 5.74) is -2.81. The van der Waals surface area contributed by atoms with Gasteiger partial charge >= 0.3 is 6.18 Å². The minimum absolute atomic E-state index is 0.191. The zero-order valence-corrected chi connectivity index (χ0v) is 13.3. The van der Waals surface area contributed by atoms with E-state index >= 15 is 0 Å². The summed E-state index contributed by atoms with van der Waals surface area (Å²) < 4.78 is 49.8. The highest BCUT2D eigenvalue weighted by atomic mass is 19.4. The molecule has 1 amide bonds. The number of nitrogens with zero attached hydrogens (tertiary/aromatic N) is 1. The van der Waals surface area contributed by atoms with Crippen LogP contribution in [0.3, 0.4) is 0 Å². The number of amides is 1. The highest BCUT2D eigenvalue weighted by Gasteiger charge is 2.58. The number of hydrogen-bond donors (Lipinski definition) is 2. The molecule has 9 heteroatoms. The normalized spacial score (nSPS) is 14.5. The van der Waals surface area contributed by atoms with Crippen molar-refractivity contribution in [1.29, 1.82) is 0 Å². The zero-order chi connectivity index (χ0) is 18.1. The van der Waals surface area contributed by atoms with Crippen LogP contribution in [0.25, 0.3) is 0 Å². The molecule has 0 saturated heterocycles. The number of furan rings is 1. The number of carbonyl (C=O) groups is 1.